The first-order valence-corrected chi connectivity index (χ1v) is 8.45. The highest BCUT2D eigenvalue weighted by atomic mass is 16.5. The molecule has 1 aromatic rings. The number of ether oxygens (including phenoxy) is 2. The number of carbonyl (C=O) groups is 1. The van der Waals surface area contributed by atoms with Crippen LogP contribution in [0.3, 0.4) is 0 Å². The van der Waals surface area contributed by atoms with Crippen LogP contribution >= 0.6 is 0 Å². The molecular weight excluding hydrogens is 292 g/mol. The van der Waals surface area contributed by atoms with Gasteiger partial charge in [0.1, 0.15) is 5.75 Å². The molecule has 1 amide bonds. The maximum absolute atomic E-state index is 12.0. The van der Waals surface area contributed by atoms with Gasteiger partial charge < -0.3 is 14.8 Å². The molecule has 2 aliphatic heterocycles. The molecule has 2 saturated heterocycles. The van der Waals surface area contributed by atoms with Gasteiger partial charge in [-0.2, -0.15) is 0 Å². The quantitative estimate of drug-likeness (QED) is 0.897. The number of nitrogens with one attached hydrogen (secondary N) is 1. The lowest BCUT2D eigenvalue weighted by Gasteiger charge is -2.35. The fraction of sp³-hybridized carbons (Fsp3) is 0.611. The Morgan fingerprint density at radius 2 is 2.17 bits per heavy atom. The Bertz CT molecular complexity index is 541. The van der Waals surface area contributed by atoms with Gasteiger partial charge in [0.2, 0.25) is 0 Å². The summed E-state index contributed by atoms with van der Waals surface area (Å²) in [4.78, 5) is 14.5. The molecule has 0 radical (unpaired) electrons. The zero-order chi connectivity index (χ0) is 16.2. The van der Waals surface area contributed by atoms with Gasteiger partial charge in [0, 0.05) is 19.1 Å². The molecule has 1 N–H and O–H groups in total. The summed E-state index contributed by atoms with van der Waals surface area (Å²) in [6, 6.07) is 6.56. The molecule has 2 unspecified atom stereocenters. The average Bonchev–Trinajstić information content (AvgIpc) is 3.00. The van der Waals surface area contributed by atoms with Crippen molar-refractivity contribution in [2.75, 3.05) is 32.8 Å². The zero-order valence-corrected chi connectivity index (χ0v) is 14.0. The summed E-state index contributed by atoms with van der Waals surface area (Å²) >= 11 is 0. The van der Waals surface area contributed by atoms with Crippen LogP contribution in [-0.2, 0) is 9.53 Å². The number of aryl methyl sites for hydroxylation is 2. The van der Waals surface area contributed by atoms with Gasteiger partial charge in [-0.25, -0.2) is 0 Å². The minimum absolute atomic E-state index is 0.0464. The van der Waals surface area contributed by atoms with E-state index in [9.17, 15) is 4.79 Å². The Labute approximate surface area is 137 Å². The molecule has 126 valence electrons. The fourth-order valence-electron chi connectivity index (χ4n) is 3.45. The minimum atomic E-state index is -0.0974. The Kier molecular flexibility index (Phi) is 5.18. The highest BCUT2D eigenvalue weighted by molar-refractivity contribution is 5.77. The summed E-state index contributed by atoms with van der Waals surface area (Å²) in [6.07, 6.45) is 2.59. The van der Waals surface area contributed by atoms with Gasteiger partial charge in [-0.1, -0.05) is 18.2 Å². The van der Waals surface area contributed by atoms with Gasteiger partial charge in [-0.05, 0) is 44.4 Å². The van der Waals surface area contributed by atoms with Crippen molar-refractivity contribution in [3.63, 3.8) is 0 Å². The monoisotopic (exact) mass is 318 g/mol. The zero-order valence-electron chi connectivity index (χ0n) is 14.0. The van der Waals surface area contributed by atoms with E-state index in [2.05, 4.69) is 10.2 Å². The van der Waals surface area contributed by atoms with Crippen LogP contribution in [0.25, 0.3) is 0 Å². The van der Waals surface area contributed by atoms with Crippen molar-refractivity contribution in [2.45, 2.75) is 38.8 Å². The van der Waals surface area contributed by atoms with Crippen LogP contribution < -0.4 is 10.1 Å². The minimum Gasteiger partial charge on any atom is -0.483 e. The first kappa shape index (κ1) is 16.3. The number of hydrogen-bond donors (Lipinski definition) is 1. The third kappa shape index (κ3) is 4.03. The third-order valence-corrected chi connectivity index (χ3v) is 4.74. The average molecular weight is 318 g/mol. The first-order valence-electron chi connectivity index (χ1n) is 8.45. The van der Waals surface area contributed by atoms with Crippen molar-refractivity contribution >= 4 is 5.91 Å². The van der Waals surface area contributed by atoms with Gasteiger partial charge in [0.25, 0.3) is 5.91 Å². The number of hydrogen-bond acceptors (Lipinski definition) is 4. The maximum atomic E-state index is 12.0. The Hall–Kier alpha value is -1.59. The molecular formula is C18H26N2O3. The fourth-order valence-corrected chi connectivity index (χ4v) is 3.45. The molecule has 0 aromatic heterocycles. The molecule has 0 aliphatic carbocycles. The lowest BCUT2D eigenvalue weighted by atomic mass is 10.1. The van der Waals surface area contributed by atoms with E-state index in [1.165, 1.54) is 12.8 Å². The molecule has 0 saturated carbocycles. The van der Waals surface area contributed by atoms with Crippen LogP contribution in [0, 0.1) is 13.8 Å². The van der Waals surface area contributed by atoms with Gasteiger partial charge >= 0.3 is 0 Å². The molecule has 2 atom stereocenters. The first-order chi connectivity index (χ1) is 11.1. The number of morpholine rings is 1. The van der Waals surface area contributed by atoms with Crippen LogP contribution in [0.2, 0.25) is 0 Å². The van der Waals surface area contributed by atoms with Gasteiger partial charge in [-0.3, -0.25) is 9.69 Å². The largest absolute Gasteiger partial charge is 0.483 e. The second-order valence-corrected chi connectivity index (χ2v) is 6.56. The van der Waals surface area contributed by atoms with E-state index in [4.69, 9.17) is 9.47 Å². The van der Waals surface area contributed by atoms with Crippen LogP contribution in [0.1, 0.15) is 24.0 Å². The van der Waals surface area contributed by atoms with Crippen molar-refractivity contribution in [3.05, 3.63) is 29.3 Å². The summed E-state index contributed by atoms with van der Waals surface area (Å²) in [7, 11) is 0. The highest BCUT2D eigenvalue weighted by Crippen LogP contribution is 2.23. The second kappa shape index (κ2) is 7.32. The second-order valence-electron chi connectivity index (χ2n) is 6.56. The van der Waals surface area contributed by atoms with Crippen molar-refractivity contribution in [2.24, 2.45) is 0 Å². The summed E-state index contributed by atoms with van der Waals surface area (Å²) in [6.45, 7) is 7.45. The van der Waals surface area contributed by atoms with E-state index in [1.807, 2.05) is 32.0 Å². The number of fused-ring (bicyclic) bond motifs is 1. The normalized spacial score (nSPS) is 24.3. The van der Waals surface area contributed by atoms with Crippen molar-refractivity contribution in [1.82, 2.24) is 10.2 Å². The molecule has 3 rings (SSSR count). The molecule has 0 bridgehead atoms. The number of carbonyl (C=O) groups excluding carboxylic acids is 1. The lowest BCUT2D eigenvalue weighted by Crippen LogP contribution is -2.50. The van der Waals surface area contributed by atoms with Crippen LogP contribution in [0.4, 0.5) is 0 Å². The maximum Gasteiger partial charge on any atom is 0.258 e. The van der Waals surface area contributed by atoms with E-state index < -0.39 is 0 Å². The predicted molar refractivity (Wildman–Crippen MR) is 88.8 cm³/mol. The van der Waals surface area contributed by atoms with Gasteiger partial charge in [-0.15, -0.1) is 0 Å². The molecule has 5 nitrogen and oxygen atoms in total. The van der Waals surface area contributed by atoms with E-state index in [1.54, 1.807) is 0 Å². The molecule has 5 heteroatoms. The molecule has 2 fully saturated rings. The third-order valence-electron chi connectivity index (χ3n) is 4.74. The Morgan fingerprint density at radius 1 is 1.39 bits per heavy atom. The molecule has 2 aliphatic rings. The molecule has 23 heavy (non-hydrogen) atoms. The topological polar surface area (TPSA) is 50.8 Å². The smallest absolute Gasteiger partial charge is 0.258 e. The lowest BCUT2D eigenvalue weighted by molar-refractivity contribution is -0.124. The number of amides is 1. The number of rotatable bonds is 5. The number of benzene rings is 1. The van der Waals surface area contributed by atoms with Crippen LogP contribution in [0.15, 0.2) is 18.2 Å². The van der Waals surface area contributed by atoms with Gasteiger partial charge in [0.15, 0.2) is 6.61 Å². The van der Waals surface area contributed by atoms with E-state index >= 15 is 0 Å². The van der Waals surface area contributed by atoms with Gasteiger partial charge in [0.05, 0.1) is 12.7 Å². The van der Waals surface area contributed by atoms with E-state index in [0.29, 0.717) is 12.6 Å². The molecule has 0 spiro atoms. The Morgan fingerprint density at radius 3 is 2.96 bits per heavy atom. The van der Waals surface area contributed by atoms with Crippen LogP contribution in [0.5, 0.6) is 5.75 Å². The summed E-state index contributed by atoms with van der Waals surface area (Å²) in [5.74, 6) is 0.705. The van der Waals surface area contributed by atoms with Crippen molar-refractivity contribution < 1.29 is 14.3 Å². The number of nitrogens with zero attached hydrogens (tertiary/aromatic N) is 1. The summed E-state index contributed by atoms with van der Waals surface area (Å²) < 4.78 is 11.5. The Balaban J connectivity index is 1.41. The van der Waals surface area contributed by atoms with E-state index in [-0.39, 0.29) is 18.6 Å². The summed E-state index contributed by atoms with van der Waals surface area (Å²) in [5.41, 5.74) is 2.10. The van der Waals surface area contributed by atoms with Crippen molar-refractivity contribution in [1.29, 1.82) is 0 Å². The molecule has 2 heterocycles. The standard InChI is InChI=1S/C18H26N2O3/c1-13-5-3-6-14(2)18(13)23-12-17(21)19-9-16-10-20-8-4-7-15(20)11-22-16/h3,5-6,15-16H,4,7-12H2,1-2H3,(H,19,21). The van der Waals surface area contributed by atoms with E-state index in [0.717, 1.165) is 36.6 Å². The summed E-state index contributed by atoms with van der Waals surface area (Å²) in [5, 5.41) is 2.93. The molecule has 1 aromatic carbocycles. The highest BCUT2D eigenvalue weighted by Gasteiger charge is 2.32. The predicted octanol–water partition coefficient (Wildman–Crippen LogP) is 1.66. The van der Waals surface area contributed by atoms with Crippen molar-refractivity contribution in [3.8, 4) is 5.75 Å². The SMILES string of the molecule is Cc1cccc(C)c1OCC(=O)NCC1CN2CCCC2CO1. The van der Waals surface area contributed by atoms with Crippen LogP contribution in [-0.4, -0.2) is 55.8 Å². The number of para-hydroxylation sites is 1.